The van der Waals surface area contributed by atoms with Crippen molar-refractivity contribution in [3.05, 3.63) is 53.1 Å². The highest BCUT2D eigenvalue weighted by atomic mass is 16.5. The van der Waals surface area contributed by atoms with Crippen LogP contribution >= 0.6 is 0 Å². The Morgan fingerprint density at radius 2 is 1.50 bits per heavy atom. The Labute approximate surface area is 164 Å². The minimum atomic E-state index is -0.437. The minimum Gasteiger partial charge on any atom is -0.465 e. The van der Waals surface area contributed by atoms with Crippen molar-refractivity contribution in [1.82, 2.24) is 0 Å². The van der Waals surface area contributed by atoms with Gasteiger partial charge in [-0.05, 0) is 49.9 Å². The molecule has 0 N–H and O–H groups in total. The third-order valence-corrected chi connectivity index (χ3v) is 6.83. The Kier molecular flexibility index (Phi) is 4.00. The summed E-state index contributed by atoms with van der Waals surface area (Å²) in [5, 5.41) is 0. The number of fused-ring (bicyclic) bond motifs is 5. The summed E-state index contributed by atoms with van der Waals surface area (Å²) in [5.41, 5.74) is 3.80. The second-order valence-electron chi connectivity index (χ2n) is 8.16. The Balaban J connectivity index is 1.46. The maximum atomic E-state index is 13.2. The number of nitrogens with zero attached hydrogens (tertiary/aromatic N) is 1. The van der Waals surface area contributed by atoms with Gasteiger partial charge in [0.2, 0.25) is 11.8 Å². The van der Waals surface area contributed by atoms with E-state index in [1.54, 1.807) is 24.3 Å². The van der Waals surface area contributed by atoms with E-state index in [9.17, 15) is 14.4 Å². The van der Waals surface area contributed by atoms with E-state index in [0.717, 1.165) is 12.8 Å². The van der Waals surface area contributed by atoms with Crippen LogP contribution < -0.4 is 4.90 Å². The van der Waals surface area contributed by atoms with Gasteiger partial charge in [-0.2, -0.15) is 0 Å². The quantitative estimate of drug-likeness (QED) is 0.448. The Morgan fingerprint density at radius 1 is 0.929 bits per heavy atom. The van der Waals surface area contributed by atoms with Gasteiger partial charge in [0.15, 0.2) is 0 Å². The molecule has 0 radical (unpaired) electrons. The average Bonchev–Trinajstić information content (AvgIpc) is 3.38. The summed E-state index contributed by atoms with van der Waals surface area (Å²) in [6.45, 7) is 0. The van der Waals surface area contributed by atoms with Gasteiger partial charge in [0.05, 0.1) is 30.2 Å². The monoisotopic (exact) mass is 377 g/mol. The summed E-state index contributed by atoms with van der Waals surface area (Å²) in [5.74, 6) is -1.02. The van der Waals surface area contributed by atoms with Crippen molar-refractivity contribution in [1.29, 1.82) is 0 Å². The molecule has 5 heteroatoms. The van der Waals surface area contributed by atoms with E-state index in [4.69, 9.17) is 4.74 Å². The molecular formula is C23H23NO4. The Morgan fingerprint density at radius 3 is 2.04 bits per heavy atom. The van der Waals surface area contributed by atoms with Gasteiger partial charge in [0.25, 0.3) is 0 Å². The fourth-order valence-corrected chi connectivity index (χ4v) is 5.62. The Hall–Kier alpha value is -2.69. The van der Waals surface area contributed by atoms with Crippen molar-refractivity contribution in [3.8, 4) is 0 Å². The van der Waals surface area contributed by atoms with Crippen molar-refractivity contribution in [2.75, 3.05) is 12.0 Å². The number of amides is 2. The maximum Gasteiger partial charge on any atom is 0.337 e. The van der Waals surface area contributed by atoms with Crippen LogP contribution in [-0.2, 0) is 14.3 Å². The predicted molar refractivity (Wildman–Crippen MR) is 103 cm³/mol. The van der Waals surface area contributed by atoms with E-state index >= 15 is 0 Å². The zero-order valence-corrected chi connectivity index (χ0v) is 15.9. The molecule has 2 bridgehead atoms. The molecule has 28 heavy (non-hydrogen) atoms. The van der Waals surface area contributed by atoms with Crippen LogP contribution in [0.15, 0.2) is 47.6 Å². The van der Waals surface area contributed by atoms with E-state index in [0.29, 0.717) is 11.3 Å². The van der Waals surface area contributed by atoms with Crippen molar-refractivity contribution < 1.29 is 19.1 Å². The van der Waals surface area contributed by atoms with Gasteiger partial charge in [-0.3, -0.25) is 9.59 Å². The maximum absolute atomic E-state index is 13.2. The van der Waals surface area contributed by atoms with Crippen LogP contribution in [0.3, 0.4) is 0 Å². The largest absolute Gasteiger partial charge is 0.465 e. The second kappa shape index (κ2) is 6.43. The number of imide groups is 1. The molecule has 0 spiro atoms. The molecular weight excluding hydrogens is 354 g/mol. The molecule has 1 aromatic carbocycles. The van der Waals surface area contributed by atoms with Crippen molar-refractivity contribution in [2.45, 2.75) is 32.1 Å². The summed E-state index contributed by atoms with van der Waals surface area (Å²) in [4.78, 5) is 39.5. The van der Waals surface area contributed by atoms with Crippen LogP contribution in [0, 0.1) is 23.7 Å². The number of allylic oxidation sites excluding steroid dienone is 4. The highest BCUT2D eigenvalue weighted by Gasteiger charge is 2.62. The zero-order chi connectivity index (χ0) is 19.4. The molecule has 1 aromatic rings. The van der Waals surface area contributed by atoms with Crippen LogP contribution in [0.4, 0.5) is 5.69 Å². The van der Waals surface area contributed by atoms with E-state index in [1.165, 1.54) is 42.4 Å². The number of carbonyl (C=O) groups excluding carboxylic acids is 3. The lowest BCUT2D eigenvalue weighted by Gasteiger charge is -2.23. The summed E-state index contributed by atoms with van der Waals surface area (Å²) in [7, 11) is 1.33. The van der Waals surface area contributed by atoms with Crippen LogP contribution in [0.25, 0.3) is 0 Å². The van der Waals surface area contributed by atoms with Gasteiger partial charge in [0, 0.05) is 11.8 Å². The highest BCUT2D eigenvalue weighted by molar-refractivity contribution is 6.23. The molecule has 1 saturated heterocycles. The number of carbonyl (C=O) groups is 3. The molecule has 1 aliphatic heterocycles. The number of methoxy groups -OCH3 is 1. The van der Waals surface area contributed by atoms with Crippen molar-refractivity contribution >= 4 is 23.5 Å². The van der Waals surface area contributed by atoms with Crippen molar-refractivity contribution in [2.24, 2.45) is 23.7 Å². The van der Waals surface area contributed by atoms with E-state index in [1.807, 2.05) is 0 Å². The number of hydrogen-bond acceptors (Lipinski definition) is 4. The molecule has 3 fully saturated rings. The first-order valence-electron chi connectivity index (χ1n) is 10.1. The fraction of sp³-hybridized carbons (Fsp3) is 0.435. The van der Waals surface area contributed by atoms with Crippen LogP contribution in [0.1, 0.15) is 42.5 Å². The predicted octanol–water partition coefficient (Wildman–Crippen LogP) is 3.66. The molecule has 4 atom stereocenters. The molecule has 5 rings (SSSR count). The summed E-state index contributed by atoms with van der Waals surface area (Å²) in [6.07, 6.45) is 10.2. The van der Waals surface area contributed by atoms with Crippen LogP contribution in [-0.4, -0.2) is 24.9 Å². The molecule has 2 saturated carbocycles. The van der Waals surface area contributed by atoms with Gasteiger partial charge in [-0.1, -0.05) is 29.7 Å². The SMILES string of the molecule is COC(=O)c1ccc(N2C(=O)[C@@H]3[C@H](C2=O)[C@@H]2C=C[C@@H]3C2=C2CCCCC2)cc1. The van der Waals surface area contributed by atoms with Crippen LogP contribution in [0.5, 0.6) is 0 Å². The van der Waals surface area contributed by atoms with Gasteiger partial charge in [0.1, 0.15) is 0 Å². The molecule has 5 nitrogen and oxygen atoms in total. The Bertz CT molecular complexity index is 884. The number of ether oxygens (including phenoxy) is 1. The zero-order valence-electron chi connectivity index (χ0n) is 15.9. The van der Waals surface area contributed by atoms with Crippen molar-refractivity contribution in [3.63, 3.8) is 0 Å². The van der Waals surface area contributed by atoms with Gasteiger partial charge in [-0.15, -0.1) is 0 Å². The van der Waals surface area contributed by atoms with Gasteiger partial charge >= 0.3 is 5.97 Å². The lowest BCUT2D eigenvalue weighted by Crippen LogP contribution is -2.33. The third-order valence-electron chi connectivity index (χ3n) is 6.83. The number of hydrogen-bond donors (Lipinski definition) is 0. The third kappa shape index (κ3) is 2.35. The van der Waals surface area contributed by atoms with E-state index in [-0.39, 0.29) is 35.5 Å². The topological polar surface area (TPSA) is 63.7 Å². The first-order chi connectivity index (χ1) is 13.6. The second-order valence-corrected chi connectivity index (χ2v) is 8.16. The first kappa shape index (κ1) is 17.4. The van der Waals surface area contributed by atoms with E-state index in [2.05, 4.69) is 12.2 Å². The normalized spacial score (nSPS) is 31.0. The molecule has 3 aliphatic carbocycles. The molecule has 0 aromatic heterocycles. The molecule has 1 heterocycles. The summed E-state index contributed by atoms with van der Waals surface area (Å²) in [6, 6.07) is 6.49. The molecule has 0 unspecified atom stereocenters. The number of anilines is 1. The fourth-order valence-electron chi connectivity index (χ4n) is 5.62. The lowest BCUT2D eigenvalue weighted by atomic mass is 9.85. The summed E-state index contributed by atoms with van der Waals surface area (Å²) >= 11 is 0. The number of benzene rings is 1. The molecule has 144 valence electrons. The van der Waals surface area contributed by atoms with E-state index < -0.39 is 5.97 Å². The first-order valence-corrected chi connectivity index (χ1v) is 10.1. The smallest absolute Gasteiger partial charge is 0.337 e. The van der Waals surface area contributed by atoms with Gasteiger partial charge in [-0.25, -0.2) is 9.69 Å². The highest BCUT2D eigenvalue weighted by Crippen LogP contribution is 2.58. The van der Waals surface area contributed by atoms with Gasteiger partial charge < -0.3 is 4.74 Å². The average molecular weight is 377 g/mol. The standard InChI is InChI=1S/C23H23NO4/c1-28-23(27)14-7-9-15(10-8-14)24-21(25)19-16-11-12-17(20(19)22(24)26)18(16)13-5-3-2-4-6-13/h7-12,16-17,19-20H,2-6H2,1H3/t16-,17-,19-,20+/m1/s1. The number of rotatable bonds is 2. The molecule has 2 amide bonds. The lowest BCUT2D eigenvalue weighted by molar-refractivity contribution is -0.122. The molecule has 4 aliphatic rings. The number of esters is 1. The summed E-state index contributed by atoms with van der Waals surface area (Å²) < 4.78 is 4.71. The van der Waals surface area contributed by atoms with Crippen LogP contribution in [0.2, 0.25) is 0 Å². The minimum absolute atomic E-state index is 0.0823.